The molecule has 0 atom stereocenters. The molecule has 2 aliphatic rings. The highest BCUT2D eigenvalue weighted by molar-refractivity contribution is 7.00. The first-order valence-corrected chi connectivity index (χ1v) is 34.7. The number of para-hydroxylation sites is 4. The summed E-state index contributed by atoms with van der Waals surface area (Å²) in [6.07, 6.45) is 0. The van der Waals surface area contributed by atoms with Crippen LogP contribution in [0.25, 0.3) is 111 Å². The van der Waals surface area contributed by atoms with Crippen LogP contribution in [-0.4, -0.2) is 15.8 Å². The van der Waals surface area contributed by atoms with Crippen LogP contribution in [0, 0.1) is 0 Å². The second-order valence-corrected chi connectivity index (χ2v) is 30.0. The van der Waals surface area contributed by atoms with E-state index in [0.29, 0.717) is 28.3 Å². The third-order valence-electron chi connectivity index (χ3n) is 20.6. The van der Waals surface area contributed by atoms with Crippen molar-refractivity contribution >= 4 is 101 Å². The van der Waals surface area contributed by atoms with Crippen LogP contribution in [0.4, 0.5) is 34.1 Å². The molecule has 0 aliphatic carbocycles. The van der Waals surface area contributed by atoms with Crippen LogP contribution in [0.1, 0.15) is 96.8 Å². The van der Waals surface area contributed by atoms with Crippen LogP contribution in [0.5, 0.6) is 0 Å². The highest BCUT2D eigenvalue weighted by atomic mass is 15.2. The second-order valence-electron chi connectivity index (χ2n) is 30.0. The van der Waals surface area contributed by atoms with Crippen molar-refractivity contribution < 1.29 is 17.8 Å². The van der Waals surface area contributed by atoms with Crippen LogP contribution >= 0.6 is 0 Å². The third-order valence-corrected chi connectivity index (χ3v) is 20.6. The zero-order valence-electron chi connectivity index (χ0n) is 70.9. The summed E-state index contributed by atoms with van der Waals surface area (Å²) in [5.41, 5.74) is 19.2. The highest BCUT2D eigenvalue weighted by Gasteiger charge is 2.46. The minimum absolute atomic E-state index is 0.00358. The Balaban J connectivity index is 1.11. The van der Waals surface area contributed by atoms with Crippen LogP contribution in [-0.2, 0) is 16.2 Å². The molecular formula is C96H79BN4. The van der Waals surface area contributed by atoms with E-state index in [1.165, 1.54) is 0 Å². The van der Waals surface area contributed by atoms with Crippen molar-refractivity contribution in [3.63, 3.8) is 0 Å². The molecule has 101 heavy (non-hydrogen) atoms. The van der Waals surface area contributed by atoms with Crippen molar-refractivity contribution in [3.8, 4) is 67.0 Å². The molecule has 2 aromatic heterocycles. The van der Waals surface area contributed by atoms with E-state index in [9.17, 15) is 16.4 Å². The fourth-order valence-corrected chi connectivity index (χ4v) is 15.6. The number of aromatic nitrogens is 2. The predicted octanol–water partition coefficient (Wildman–Crippen LogP) is 24.2. The van der Waals surface area contributed by atoms with E-state index < -0.39 is 78.6 Å². The summed E-state index contributed by atoms with van der Waals surface area (Å²) >= 11 is 0. The molecule has 16 aromatic rings. The van der Waals surface area contributed by atoms with Gasteiger partial charge in [-0.15, -0.1) is 0 Å². The molecule has 18 rings (SSSR count). The molecular weight excluding hydrogens is 1220 g/mol. The third kappa shape index (κ3) is 10.3. The summed E-state index contributed by atoms with van der Waals surface area (Å²) in [4.78, 5) is 4.61. The first-order chi connectivity index (χ1) is 54.4. The standard InChI is InChI=1S/C96H79BN4/c1-94(2,3)70-51-68(52-71(57-70)95(4,5)6)67-48-50-80-85(54-67)100(88-56-69(63-33-17-11-18-34-63)55-87-91(88)77-43-27-30-46-84(77)98(87)73-39-23-14-24-40-73)89-60-74(99-82-44-28-25-41-75(82)76-42-26-29-45-83(76)99)61-90-92(89)97(80)81-49-47-66(62-31-15-10-16-32-62)53-86(81)101(90)93-78(64-35-19-12-20-36-64)58-72(96(7,8)9)59-79(93)65-37-21-13-22-38-65/h10-61H,1-9H3/i10D,15D,16D,25D,26D,28D,29D,31D,32D,41D,42D,44D,45D. The zero-order chi connectivity index (χ0) is 79.9. The van der Waals surface area contributed by atoms with Crippen LogP contribution in [0.15, 0.2) is 315 Å². The van der Waals surface area contributed by atoms with Gasteiger partial charge in [0.05, 0.1) is 56.9 Å². The van der Waals surface area contributed by atoms with Gasteiger partial charge in [0, 0.05) is 61.1 Å². The summed E-state index contributed by atoms with van der Waals surface area (Å²) in [5, 5.41) is 1.68. The van der Waals surface area contributed by atoms with Gasteiger partial charge in [-0.2, -0.15) is 0 Å². The molecule has 486 valence electrons. The van der Waals surface area contributed by atoms with Gasteiger partial charge >= 0.3 is 0 Å². The molecule has 4 nitrogen and oxygen atoms in total. The minimum atomic E-state index is -0.712. The second kappa shape index (κ2) is 23.5. The van der Waals surface area contributed by atoms with Gasteiger partial charge in [0.1, 0.15) is 0 Å². The lowest BCUT2D eigenvalue weighted by Gasteiger charge is -2.46. The van der Waals surface area contributed by atoms with E-state index in [2.05, 4.69) is 216 Å². The predicted molar refractivity (Wildman–Crippen MR) is 432 cm³/mol. The van der Waals surface area contributed by atoms with Gasteiger partial charge in [-0.1, -0.05) is 299 Å². The molecule has 2 aliphatic heterocycles. The van der Waals surface area contributed by atoms with E-state index >= 15 is 0 Å². The Morgan fingerprint density at radius 3 is 1.30 bits per heavy atom. The molecule has 0 saturated carbocycles. The first-order valence-electron chi connectivity index (χ1n) is 41.2. The van der Waals surface area contributed by atoms with E-state index in [-0.39, 0.29) is 56.0 Å². The molecule has 0 unspecified atom stereocenters. The SMILES string of the molecule is [2H]c1c([2H])c([2H])c(-c2ccc3c(c2)N(c2c(-c4ccccc4)cc(C(C)(C)C)cc2-c2ccccc2)c2cc(-n4c5c([2H])c([2H])c([2H])c([2H])c5c5c([2H])c([2H])c([2H])c([2H])c54)cc4c2B3c2ccc(-c3cc(C(C)(C)C)cc(C(C)(C)C)c3)cc2N4c2cc(-c3ccccc3)cc3c2c2ccccc2n3-c2ccccc2)c([2H])c1[2H]. The number of rotatable bonds is 9. The Hall–Kier alpha value is -11.7. The van der Waals surface area contributed by atoms with Gasteiger partial charge in [-0.05, 0) is 173 Å². The molecule has 14 aromatic carbocycles. The van der Waals surface area contributed by atoms with E-state index in [1.807, 2.05) is 97.1 Å². The average molecular weight is 1310 g/mol. The van der Waals surface area contributed by atoms with Gasteiger partial charge in [0.2, 0.25) is 0 Å². The van der Waals surface area contributed by atoms with Crippen molar-refractivity contribution in [2.75, 3.05) is 9.80 Å². The normalized spacial score (nSPS) is 14.7. The summed E-state index contributed by atoms with van der Waals surface area (Å²) < 4.78 is 129. The Morgan fingerprint density at radius 1 is 0.287 bits per heavy atom. The fourth-order valence-electron chi connectivity index (χ4n) is 15.6. The molecule has 4 heterocycles. The minimum Gasteiger partial charge on any atom is -0.311 e. The molecule has 0 radical (unpaired) electrons. The quantitative estimate of drug-likeness (QED) is 0.134. The van der Waals surface area contributed by atoms with E-state index in [0.717, 1.165) is 116 Å². The van der Waals surface area contributed by atoms with E-state index in [1.54, 1.807) is 4.57 Å². The topological polar surface area (TPSA) is 16.3 Å². The average Bonchev–Trinajstić information content (AvgIpc) is 1.10. The number of nitrogens with zero attached hydrogens (tertiary/aromatic N) is 4. The van der Waals surface area contributed by atoms with Gasteiger partial charge in [-0.3, -0.25) is 0 Å². The highest BCUT2D eigenvalue weighted by Crippen LogP contribution is 2.55. The van der Waals surface area contributed by atoms with Crippen molar-refractivity contribution in [2.45, 2.75) is 78.6 Å². The summed E-state index contributed by atoms with van der Waals surface area (Å²) in [7, 11) is 0. The lowest BCUT2D eigenvalue weighted by molar-refractivity contribution is 0.569. The maximum absolute atomic E-state index is 10.2. The van der Waals surface area contributed by atoms with Crippen LogP contribution in [0.2, 0.25) is 0 Å². The molecule has 0 bridgehead atoms. The summed E-state index contributed by atoms with van der Waals surface area (Å²) in [6, 6.07) is 75.8. The largest absolute Gasteiger partial charge is 0.311 e. The Morgan fingerprint density at radius 2 is 0.733 bits per heavy atom. The Kier molecular flexibility index (Phi) is 11.4. The lowest BCUT2D eigenvalue weighted by atomic mass is 9.33. The molecule has 0 fully saturated rings. The Labute approximate surface area is 612 Å². The molecule has 5 heteroatoms. The smallest absolute Gasteiger partial charge is 0.252 e. The fraction of sp³-hybridized carbons (Fsp3) is 0.125. The van der Waals surface area contributed by atoms with Gasteiger partial charge in [0.15, 0.2) is 0 Å². The maximum Gasteiger partial charge on any atom is 0.252 e. The lowest BCUT2D eigenvalue weighted by Crippen LogP contribution is -2.61. The number of hydrogen-bond donors (Lipinski definition) is 0. The molecule has 0 N–H and O–H groups in total. The van der Waals surface area contributed by atoms with Gasteiger partial charge in [0.25, 0.3) is 6.71 Å². The monoisotopic (exact) mass is 1310 g/mol. The number of anilines is 6. The molecule has 0 saturated heterocycles. The van der Waals surface area contributed by atoms with Gasteiger partial charge < -0.3 is 18.9 Å². The van der Waals surface area contributed by atoms with Crippen molar-refractivity contribution in [1.82, 2.24) is 9.13 Å². The van der Waals surface area contributed by atoms with Crippen molar-refractivity contribution in [2.24, 2.45) is 0 Å². The van der Waals surface area contributed by atoms with Crippen molar-refractivity contribution in [1.29, 1.82) is 0 Å². The molecule has 0 amide bonds. The Bertz CT molecular complexity index is 6580. The van der Waals surface area contributed by atoms with Gasteiger partial charge in [-0.25, -0.2) is 0 Å². The zero-order valence-corrected chi connectivity index (χ0v) is 57.9. The number of benzene rings is 14. The number of fused-ring (bicyclic) bond motifs is 10. The van der Waals surface area contributed by atoms with E-state index in [4.69, 9.17) is 1.37 Å². The maximum atomic E-state index is 10.2. The first kappa shape index (κ1) is 49.0. The number of hydrogen-bond acceptors (Lipinski definition) is 2. The summed E-state index contributed by atoms with van der Waals surface area (Å²) in [6.45, 7) is 19.3. The van der Waals surface area contributed by atoms with Crippen molar-refractivity contribution in [3.05, 3.63) is 332 Å². The molecule has 0 spiro atoms. The summed E-state index contributed by atoms with van der Waals surface area (Å²) in [5.74, 6) is 0. The van der Waals surface area contributed by atoms with Crippen LogP contribution in [0.3, 0.4) is 0 Å². The van der Waals surface area contributed by atoms with Crippen LogP contribution < -0.4 is 26.2 Å².